The number of rotatable bonds is 10. The number of carbonyl (C=O) groups is 1. The third-order valence-electron chi connectivity index (χ3n) is 6.68. The van der Waals surface area contributed by atoms with E-state index in [4.69, 9.17) is 9.47 Å². The molecule has 0 aliphatic rings. The van der Waals surface area contributed by atoms with E-state index in [1.165, 1.54) is 7.11 Å². The predicted molar refractivity (Wildman–Crippen MR) is 181 cm³/mol. The monoisotopic (exact) mass is 646 g/mol. The molecule has 13 heteroatoms. The minimum atomic E-state index is -3.61. The molecule has 234 valence electrons. The first-order chi connectivity index (χ1) is 21.4. The van der Waals surface area contributed by atoms with E-state index in [1.807, 2.05) is 62.5 Å². The second-order valence-electron chi connectivity index (χ2n) is 11.2. The van der Waals surface area contributed by atoms with Crippen LogP contribution in [-0.2, 0) is 22.0 Å². The van der Waals surface area contributed by atoms with Gasteiger partial charge in [0.1, 0.15) is 5.75 Å². The van der Waals surface area contributed by atoms with Crippen molar-refractivity contribution < 1.29 is 22.7 Å². The highest BCUT2D eigenvalue weighted by molar-refractivity contribution is 7.92. The van der Waals surface area contributed by atoms with Gasteiger partial charge in [0.25, 0.3) is 0 Å². The van der Waals surface area contributed by atoms with Gasteiger partial charge in [-0.1, -0.05) is 51.1 Å². The maximum atomic E-state index is 13.3. The van der Waals surface area contributed by atoms with Gasteiger partial charge in [0, 0.05) is 27.9 Å². The van der Waals surface area contributed by atoms with Crippen LogP contribution >= 0.6 is 11.3 Å². The Balaban J connectivity index is 1.38. The van der Waals surface area contributed by atoms with Gasteiger partial charge in [0.05, 0.1) is 37.0 Å². The molecule has 0 aliphatic carbocycles. The molecule has 5 rings (SSSR count). The molecule has 2 heterocycles. The van der Waals surface area contributed by atoms with Crippen LogP contribution in [0.2, 0.25) is 0 Å². The minimum absolute atomic E-state index is 0.186. The smallest absolute Gasteiger partial charge is 0.323 e. The van der Waals surface area contributed by atoms with Crippen molar-refractivity contribution in [2.45, 2.75) is 32.7 Å². The van der Waals surface area contributed by atoms with Crippen LogP contribution in [0.4, 0.5) is 27.8 Å². The topological polar surface area (TPSA) is 144 Å². The second kappa shape index (κ2) is 13.0. The van der Waals surface area contributed by atoms with E-state index in [-0.39, 0.29) is 16.9 Å². The van der Waals surface area contributed by atoms with Gasteiger partial charge >= 0.3 is 6.03 Å². The summed E-state index contributed by atoms with van der Waals surface area (Å²) >= 11 is 1.65. The summed E-state index contributed by atoms with van der Waals surface area (Å²) in [6.45, 7) is 6.57. The van der Waals surface area contributed by atoms with Crippen molar-refractivity contribution >= 4 is 61.2 Å². The molecule has 2 amide bonds. The SMILES string of the molecule is COc1c(NC(=O)Nc2ccc(Oc3ccnc(NCc4cccs4)n3)c3ccccc23)cc(C(C)(C)C)cc1NS(C)(=O)=O. The average molecular weight is 647 g/mol. The van der Waals surface area contributed by atoms with Crippen LogP contribution in [0.15, 0.2) is 78.3 Å². The summed E-state index contributed by atoms with van der Waals surface area (Å²) in [5.41, 5.74) is 1.53. The standard InChI is InChI=1S/C32H34N6O5S2/c1-32(2,3)20-17-25(29(42-4)26(18-20)38-45(5,40)41)36-31(39)35-24-12-13-27(23-11-7-6-10-22(23)24)43-28-14-15-33-30(37-28)34-19-21-9-8-16-44-21/h6-18,38H,19H2,1-5H3,(H,33,34,37)(H2,35,36,39). The molecular formula is C32H34N6O5S2. The Morgan fingerprint density at radius 1 is 0.933 bits per heavy atom. The van der Waals surface area contributed by atoms with Gasteiger partial charge in [-0.15, -0.1) is 11.3 Å². The lowest BCUT2D eigenvalue weighted by molar-refractivity contribution is 0.262. The number of hydrogen-bond acceptors (Lipinski definition) is 9. The van der Waals surface area contributed by atoms with E-state index in [2.05, 4.69) is 30.6 Å². The van der Waals surface area contributed by atoms with Gasteiger partial charge in [0.15, 0.2) is 5.75 Å². The second-order valence-corrected chi connectivity index (χ2v) is 14.0. The zero-order chi connectivity index (χ0) is 32.2. The molecule has 0 atom stereocenters. The van der Waals surface area contributed by atoms with Crippen molar-refractivity contribution in [1.29, 1.82) is 0 Å². The first kappa shape index (κ1) is 31.5. The number of hydrogen-bond donors (Lipinski definition) is 4. The van der Waals surface area contributed by atoms with E-state index in [0.29, 0.717) is 35.5 Å². The van der Waals surface area contributed by atoms with Gasteiger partial charge in [-0.25, -0.2) is 18.2 Å². The lowest BCUT2D eigenvalue weighted by Crippen LogP contribution is -2.22. The van der Waals surface area contributed by atoms with E-state index in [1.54, 1.807) is 47.9 Å². The fourth-order valence-corrected chi connectivity index (χ4v) is 5.77. The van der Waals surface area contributed by atoms with Crippen LogP contribution in [0, 0.1) is 0 Å². The Morgan fingerprint density at radius 2 is 1.67 bits per heavy atom. The Bertz CT molecular complexity index is 1940. The molecule has 4 N–H and O–H groups in total. The summed E-state index contributed by atoms with van der Waals surface area (Å²) in [4.78, 5) is 23.3. The van der Waals surface area contributed by atoms with Crippen LogP contribution < -0.4 is 30.1 Å². The molecule has 2 aromatic heterocycles. The van der Waals surface area contributed by atoms with Crippen molar-refractivity contribution in [2.24, 2.45) is 0 Å². The molecule has 45 heavy (non-hydrogen) atoms. The Hall–Kier alpha value is -4.88. The molecule has 0 unspecified atom stereocenters. The highest BCUT2D eigenvalue weighted by Crippen LogP contribution is 2.39. The predicted octanol–water partition coefficient (Wildman–Crippen LogP) is 7.42. The first-order valence-corrected chi connectivity index (χ1v) is 16.7. The van der Waals surface area contributed by atoms with Crippen molar-refractivity contribution in [3.05, 3.63) is 88.7 Å². The first-order valence-electron chi connectivity index (χ1n) is 14.0. The van der Waals surface area contributed by atoms with Gasteiger partial charge in [-0.05, 0) is 46.7 Å². The van der Waals surface area contributed by atoms with Crippen molar-refractivity contribution in [2.75, 3.05) is 34.0 Å². The third kappa shape index (κ3) is 7.99. The zero-order valence-electron chi connectivity index (χ0n) is 25.5. The molecule has 0 saturated carbocycles. The number of urea groups is 1. The normalized spacial score (nSPS) is 11.6. The number of anilines is 4. The van der Waals surface area contributed by atoms with Gasteiger partial charge in [-0.3, -0.25) is 4.72 Å². The number of ether oxygens (including phenoxy) is 2. The fourth-order valence-electron chi connectivity index (χ4n) is 4.57. The van der Waals surface area contributed by atoms with Gasteiger partial charge < -0.3 is 25.4 Å². The number of nitrogens with zero attached hydrogens (tertiary/aromatic N) is 2. The number of nitrogens with one attached hydrogen (secondary N) is 4. The highest BCUT2D eigenvalue weighted by atomic mass is 32.2. The number of thiophene rings is 1. The van der Waals surface area contributed by atoms with Crippen LogP contribution in [0.25, 0.3) is 10.8 Å². The minimum Gasteiger partial charge on any atom is -0.492 e. The summed E-state index contributed by atoms with van der Waals surface area (Å²) in [5.74, 6) is 1.55. The van der Waals surface area contributed by atoms with Crippen LogP contribution in [-0.4, -0.2) is 37.8 Å². The number of sulfonamides is 1. The fraction of sp³-hybridized carbons (Fsp3) is 0.219. The van der Waals surface area contributed by atoms with E-state index in [0.717, 1.165) is 27.5 Å². The third-order valence-corrected chi connectivity index (χ3v) is 8.15. The Kier molecular flexibility index (Phi) is 9.11. The average Bonchev–Trinajstić information content (AvgIpc) is 3.50. The van der Waals surface area contributed by atoms with Crippen molar-refractivity contribution in [3.63, 3.8) is 0 Å². The van der Waals surface area contributed by atoms with Crippen LogP contribution in [0.5, 0.6) is 17.4 Å². The molecule has 0 fully saturated rings. The number of carbonyl (C=O) groups excluding carboxylic acids is 1. The largest absolute Gasteiger partial charge is 0.492 e. The molecule has 3 aromatic carbocycles. The summed E-state index contributed by atoms with van der Waals surface area (Å²) < 4.78 is 38.3. The lowest BCUT2D eigenvalue weighted by atomic mass is 9.86. The molecule has 0 saturated heterocycles. The van der Waals surface area contributed by atoms with Crippen LogP contribution in [0.3, 0.4) is 0 Å². The summed E-state index contributed by atoms with van der Waals surface area (Å²) in [6.07, 6.45) is 2.68. The molecule has 0 radical (unpaired) electrons. The molecule has 11 nitrogen and oxygen atoms in total. The van der Waals surface area contributed by atoms with Gasteiger partial charge in [-0.2, -0.15) is 4.98 Å². The summed E-state index contributed by atoms with van der Waals surface area (Å²) in [5, 5.41) is 12.5. The highest BCUT2D eigenvalue weighted by Gasteiger charge is 2.22. The van der Waals surface area contributed by atoms with Crippen molar-refractivity contribution in [1.82, 2.24) is 9.97 Å². The van der Waals surface area contributed by atoms with E-state index >= 15 is 0 Å². The number of fused-ring (bicyclic) bond motifs is 1. The van der Waals surface area contributed by atoms with Crippen molar-refractivity contribution in [3.8, 4) is 17.4 Å². The zero-order valence-corrected chi connectivity index (χ0v) is 27.1. The molecular weight excluding hydrogens is 613 g/mol. The maximum Gasteiger partial charge on any atom is 0.323 e. The summed E-state index contributed by atoms with van der Waals surface area (Å²) in [6, 6.07) is 19.7. The number of methoxy groups -OCH3 is 1. The molecule has 0 aliphatic heterocycles. The van der Waals surface area contributed by atoms with Crippen LogP contribution in [0.1, 0.15) is 31.2 Å². The Morgan fingerprint density at radius 3 is 2.36 bits per heavy atom. The Labute approximate surface area is 266 Å². The quantitative estimate of drug-likeness (QED) is 0.123. The molecule has 0 bridgehead atoms. The molecule has 5 aromatic rings. The number of amides is 2. The van der Waals surface area contributed by atoms with Gasteiger partial charge in [0.2, 0.25) is 21.9 Å². The van der Waals surface area contributed by atoms with E-state index < -0.39 is 16.1 Å². The lowest BCUT2D eigenvalue weighted by Gasteiger charge is -2.24. The maximum absolute atomic E-state index is 13.3. The number of benzene rings is 3. The number of aromatic nitrogens is 2. The summed E-state index contributed by atoms with van der Waals surface area (Å²) in [7, 11) is -2.20. The molecule has 0 spiro atoms. The van der Waals surface area contributed by atoms with E-state index in [9.17, 15) is 13.2 Å².